The minimum absolute atomic E-state index is 0.0950. The molecule has 0 saturated carbocycles. The number of benzene rings is 13. The predicted octanol–water partition coefficient (Wildman–Crippen LogP) is 25.9. The van der Waals surface area contributed by atoms with Crippen molar-refractivity contribution >= 4 is 56.9 Å². The molecular weight excluding hydrogens is 1210 g/mol. The molecule has 0 aromatic heterocycles. The van der Waals surface area contributed by atoms with Crippen molar-refractivity contribution in [2.24, 2.45) is 0 Å². The zero-order valence-corrected chi connectivity index (χ0v) is 58.9. The molecule has 0 amide bonds. The predicted molar refractivity (Wildman–Crippen MR) is 425 cm³/mol. The van der Waals surface area contributed by atoms with Crippen LogP contribution in [0.4, 0.5) is 56.9 Å². The Labute approximate surface area is 595 Å². The summed E-state index contributed by atoms with van der Waals surface area (Å²) >= 11 is 0. The molecule has 0 N–H and O–H groups in total. The van der Waals surface area contributed by atoms with E-state index in [9.17, 15) is 0 Å². The second-order valence-electron chi connectivity index (χ2n) is 26.6. The van der Waals surface area contributed by atoms with Gasteiger partial charge in [0.05, 0.1) is 48.3 Å². The Bertz CT molecular complexity index is 3830. The highest BCUT2D eigenvalue weighted by atomic mass is 15.2. The molecule has 13 aromatic carbocycles. The first-order valence-corrected chi connectivity index (χ1v) is 35.6. The summed E-state index contributed by atoms with van der Waals surface area (Å²) in [6.45, 7) is 18.6. The van der Waals surface area contributed by atoms with E-state index in [2.05, 4.69) is 449 Å². The van der Waals surface area contributed by atoms with Crippen LogP contribution >= 0.6 is 0 Å². The molecule has 0 fully saturated rings. The summed E-state index contributed by atoms with van der Waals surface area (Å²) in [5, 5.41) is 0. The van der Waals surface area contributed by atoms with Crippen molar-refractivity contribution in [3.8, 4) is 0 Å². The maximum Gasteiger partial charge on any atom is 0.0520 e. The largest absolute Gasteiger partial charge is 0.358 e. The van der Waals surface area contributed by atoms with Crippen LogP contribution in [0.3, 0.4) is 0 Å². The quantitative estimate of drug-likeness (QED) is 0.0534. The fourth-order valence-corrected chi connectivity index (χ4v) is 15.0. The molecule has 6 heteroatoms. The van der Waals surface area contributed by atoms with Gasteiger partial charge in [-0.15, -0.1) is 0 Å². The average molecular weight is 1310 g/mol. The molecule has 0 aliphatic heterocycles. The van der Waals surface area contributed by atoms with Crippen molar-refractivity contribution in [3.05, 3.63) is 408 Å². The van der Waals surface area contributed by atoms with E-state index < -0.39 is 0 Å². The highest BCUT2D eigenvalue weighted by Crippen LogP contribution is 2.46. The van der Waals surface area contributed by atoms with Crippen LogP contribution in [0.2, 0.25) is 0 Å². The molecular formula is C94H92N6. The SMILES string of the molecule is CC(c1ccccc1)N(c1ccc(N(c2ccc(N(c3ccc(N(C(C)c4ccccc4)C(C)c4ccccc4)cc3)c3ccc(N(C(C)c4ccccc4)C(C)c4ccccc4)cc3)cc2)c2ccc(N(C(C)c3ccccc3)C(C)c3ccccc3)cc2)cc1)C(C)c1ccccc1. The summed E-state index contributed by atoms with van der Waals surface area (Å²) in [4.78, 5) is 15.1. The third-order valence-corrected chi connectivity index (χ3v) is 20.6. The average Bonchev–Trinajstić information content (AvgIpc) is 0.785. The Balaban J connectivity index is 0.924. The van der Waals surface area contributed by atoms with Gasteiger partial charge >= 0.3 is 0 Å². The zero-order chi connectivity index (χ0) is 68.9. The Morgan fingerprint density at radius 2 is 0.230 bits per heavy atom. The van der Waals surface area contributed by atoms with E-state index in [0.717, 1.165) is 56.9 Å². The van der Waals surface area contributed by atoms with Crippen LogP contribution in [-0.4, -0.2) is 0 Å². The maximum absolute atomic E-state index is 2.56. The number of hydrogen-bond donors (Lipinski definition) is 0. The second kappa shape index (κ2) is 31.5. The van der Waals surface area contributed by atoms with Gasteiger partial charge < -0.3 is 29.4 Å². The number of anilines is 10. The number of nitrogens with zero attached hydrogens (tertiary/aromatic N) is 6. The van der Waals surface area contributed by atoms with Crippen molar-refractivity contribution in [2.75, 3.05) is 29.4 Å². The van der Waals surface area contributed by atoms with E-state index in [1.54, 1.807) is 0 Å². The summed E-state index contributed by atoms with van der Waals surface area (Å²) in [5.41, 5.74) is 21.0. The molecule has 0 saturated heterocycles. The molecule has 0 radical (unpaired) electrons. The summed E-state index contributed by atoms with van der Waals surface area (Å²) in [5.74, 6) is 0. The number of hydrogen-bond acceptors (Lipinski definition) is 6. The van der Waals surface area contributed by atoms with Crippen LogP contribution in [0.5, 0.6) is 0 Å². The van der Waals surface area contributed by atoms with Crippen LogP contribution < -0.4 is 29.4 Å². The molecule has 8 unspecified atom stereocenters. The Hall–Kier alpha value is -11.3. The molecule has 0 aliphatic rings. The fourth-order valence-electron chi connectivity index (χ4n) is 15.0. The monoisotopic (exact) mass is 1300 g/mol. The lowest BCUT2D eigenvalue weighted by Gasteiger charge is -2.38. The van der Waals surface area contributed by atoms with E-state index in [1.165, 1.54) is 44.5 Å². The van der Waals surface area contributed by atoms with Crippen molar-refractivity contribution in [1.82, 2.24) is 0 Å². The molecule has 0 heterocycles. The summed E-state index contributed by atoms with van der Waals surface area (Å²) in [6.07, 6.45) is 0. The number of rotatable bonds is 26. The first-order valence-electron chi connectivity index (χ1n) is 35.6. The van der Waals surface area contributed by atoms with Crippen LogP contribution in [0, 0.1) is 0 Å². The van der Waals surface area contributed by atoms with Gasteiger partial charge in [-0.2, -0.15) is 0 Å². The van der Waals surface area contributed by atoms with Gasteiger partial charge in [-0.3, -0.25) is 0 Å². The van der Waals surface area contributed by atoms with Gasteiger partial charge in [0.1, 0.15) is 0 Å². The molecule has 0 aliphatic carbocycles. The van der Waals surface area contributed by atoms with E-state index in [0.29, 0.717) is 0 Å². The van der Waals surface area contributed by atoms with Crippen molar-refractivity contribution < 1.29 is 0 Å². The third kappa shape index (κ3) is 14.9. The second-order valence-corrected chi connectivity index (χ2v) is 26.6. The Morgan fingerprint density at radius 1 is 0.130 bits per heavy atom. The van der Waals surface area contributed by atoms with Crippen LogP contribution in [0.25, 0.3) is 0 Å². The molecule has 0 spiro atoms. The standard InChI is InChI=1S/C94H92N6/c1-69(77-33-17-9-18-34-77)95(70(2)78-35-19-10-20-36-78)85-49-57-89(58-50-85)99(90-59-51-86(52-60-90)96(71(3)79-37-21-11-22-38-79)72(4)80-39-23-12-24-40-80)93-65-67-94(68-66-93)100(91-61-53-87(54-62-91)97(73(5)81-41-25-13-26-42-81)74(6)82-43-27-14-28-44-82)92-63-55-88(56-64-92)98(75(7)83-45-29-15-30-46-83)76(8)84-47-31-16-32-48-84/h9-76H,1-8H3. The zero-order valence-electron chi connectivity index (χ0n) is 58.9. The summed E-state index contributed by atoms with van der Waals surface area (Å²) in [7, 11) is 0. The molecule has 100 heavy (non-hydrogen) atoms. The Morgan fingerprint density at radius 3 is 0.340 bits per heavy atom. The third-order valence-electron chi connectivity index (χ3n) is 20.6. The molecule has 13 aromatic rings. The minimum atomic E-state index is 0.0950. The van der Waals surface area contributed by atoms with Gasteiger partial charge in [0.25, 0.3) is 0 Å². The van der Waals surface area contributed by atoms with Crippen LogP contribution in [0.1, 0.15) is 148 Å². The van der Waals surface area contributed by atoms with Crippen LogP contribution in [-0.2, 0) is 0 Å². The van der Waals surface area contributed by atoms with Crippen molar-refractivity contribution in [1.29, 1.82) is 0 Å². The van der Waals surface area contributed by atoms with E-state index >= 15 is 0 Å². The van der Waals surface area contributed by atoms with Gasteiger partial charge in [-0.25, -0.2) is 0 Å². The van der Waals surface area contributed by atoms with Gasteiger partial charge in [-0.1, -0.05) is 243 Å². The van der Waals surface area contributed by atoms with Crippen LogP contribution in [0.15, 0.2) is 364 Å². The van der Waals surface area contributed by atoms with Crippen molar-refractivity contribution in [3.63, 3.8) is 0 Å². The molecule has 8 atom stereocenters. The fraction of sp³-hybridized carbons (Fsp3) is 0.170. The Kier molecular flexibility index (Phi) is 21.2. The normalized spacial score (nSPS) is 13.7. The van der Waals surface area contributed by atoms with Gasteiger partial charge in [0.15, 0.2) is 0 Å². The smallest absolute Gasteiger partial charge is 0.0520 e. The lowest BCUT2D eigenvalue weighted by Crippen LogP contribution is -2.30. The van der Waals surface area contributed by atoms with E-state index in [-0.39, 0.29) is 48.3 Å². The van der Waals surface area contributed by atoms with Gasteiger partial charge in [0.2, 0.25) is 0 Å². The molecule has 6 nitrogen and oxygen atoms in total. The maximum atomic E-state index is 2.56. The van der Waals surface area contributed by atoms with E-state index in [4.69, 9.17) is 0 Å². The molecule has 13 rings (SSSR count). The summed E-state index contributed by atoms with van der Waals surface area (Å²) in [6, 6.07) is 134. The lowest BCUT2D eigenvalue weighted by molar-refractivity contribution is 0.586. The highest BCUT2D eigenvalue weighted by Gasteiger charge is 2.30. The highest BCUT2D eigenvalue weighted by molar-refractivity contribution is 5.83. The summed E-state index contributed by atoms with van der Waals surface area (Å²) < 4.78 is 0. The molecule has 498 valence electrons. The lowest BCUT2D eigenvalue weighted by atomic mass is 9.99. The van der Waals surface area contributed by atoms with Gasteiger partial charge in [-0.05, 0) is 221 Å². The topological polar surface area (TPSA) is 19.4 Å². The first-order chi connectivity index (χ1) is 49.0. The van der Waals surface area contributed by atoms with E-state index in [1.807, 2.05) is 0 Å². The van der Waals surface area contributed by atoms with Gasteiger partial charge in [0, 0.05) is 56.9 Å². The molecule has 0 bridgehead atoms. The first kappa shape index (κ1) is 67.2. The van der Waals surface area contributed by atoms with Crippen molar-refractivity contribution in [2.45, 2.75) is 104 Å². The minimum Gasteiger partial charge on any atom is -0.358 e.